The Hall–Kier alpha value is -2.76. The predicted molar refractivity (Wildman–Crippen MR) is 98.2 cm³/mol. The summed E-state index contributed by atoms with van der Waals surface area (Å²) in [7, 11) is 0. The summed E-state index contributed by atoms with van der Waals surface area (Å²) >= 11 is 0. The molecule has 0 saturated heterocycles. The molecule has 6 heteroatoms. The van der Waals surface area contributed by atoms with Gasteiger partial charge in [0.05, 0.1) is 6.33 Å². The lowest BCUT2D eigenvalue weighted by Crippen LogP contribution is -2.30. The smallest absolute Gasteiger partial charge is 0.257 e. The number of benzene rings is 1. The highest BCUT2D eigenvalue weighted by molar-refractivity contribution is 5.84. The first-order valence-corrected chi connectivity index (χ1v) is 9.19. The summed E-state index contributed by atoms with van der Waals surface area (Å²) in [4.78, 5) is 15.9. The van der Waals surface area contributed by atoms with Gasteiger partial charge < -0.3 is 19.0 Å². The fraction of sp³-hybridized carbons (Fsp3) is 0.400. The second kappa shape index (κ2) is 7.64. The lowest BCUT2D eigenvalue weighted by Gasteiger charge is -2.09. The zero-order chi connectivity index (χ0) is 17.8. The lowest BCUT2D eigenvalue weighted by molar-refractivity contribution is -0.123. The molecule has 1 amide bonds. The van der Waals surface area contributed by atoms with E-state index in [1.807, 2.05) is 29.0 Å². The number of furan rings is 1. The number of aromatic nitrogens is 2. The molecule has 0 radical (unpaired) electrons. The monoisotopic (exact) mass is 353 g/mol. The largest absolute Gasteiger partial charge is 0.484 e. The first-order valence-electron chi connectivity index (χ1n) is 9.19. The van der Waals surface area contributed by atoms with E-state index in [2.05, 4.69) is 10.3 Å². The van der Waals surface area contributed by atoms with Crippen LogP contribution in [0.4, 0.5) is 0 Å². The molecule has 2 heterocycles. The number of carbonyl (C=O) groups is 1. The van der Waals surface area contributed by atoms with Crippen molar-refractivity contribution in [2.24, 2.45) is 0 Å². The van der Waals surface area contributed by atoms with Crippen molar-refractivity contribution in [3.8, 4) is 5.75 Å². The Balaban J connectivity index is 1.28. The summed E-state index contributed by atoms with van der Waals surface area (Å²) in [5.74, 6) is 1.71. The van der Waals surface area contributed by atoms with Gasteiger partial charge in [0.2, 0.25) is 0 Å². The topological polar surface area (TPSA) is 69.3 Å². The van der Waals surface area contributed by atoms with Crippen LogP contribution in [0.25, 0.3) is 11.0 Å². The van der Waals surface area contributed by atoms with Gasteiger partial charge in [0.1, 0.15) is 17.1 Å². The highest BCUT2D eigenvalue weighted by atomic mass is 16.5. The third-order valence-corrected chi connectivity index (χ3v) is 4.77. The van der Waals surface area contributed by atoms with Gasteiger partial charge in [0.15, 0.2) is 6.61 Å². The number of rotatable bonds is 7. The molecule has 0 atom stereocenters. The van der Waals surface area contributed by atoms with Gasteiger partial charge in [-0.2, -0.15) is 0 Å². The normalized spacial score (nSPS) is 13.5. The van der Waals surface area contributed by atoms with Crippen molar-refractivity contribution in [3.05, 3.63) is 48.2 Å². The van der Waals surface area contributed by atoms with E-state index < -0.39 is 0 Å². The van der Waals surface area contributed by atoms with Crippen molar-refractivity contribution < 1.29 is 13.9 Å². The average Bonchev–Trinajstić information content (AvgIpc) is 3.31. The highest BCUT2D eigenvalue weighted by Crippen LogP contribution is 2.33. The number of imidazole rings is 1. The summed E-state index contributed by atoms with van der Waals surface area (Å²) in [6.45, 7) is 1.48. The van der Waals surface area contributed by atoms with Crippen molar-refractivity contribution in [1.82, 2.24) is 14.9 Å². The van der Waals surface area contributed by atoms with E-state index in [1.165, 1.54) is 18.4 Å². The summed E-state index contributed by atoms with van der Waals surface area (Å²) in [5, 5.41) is 4.00. The van der Waals surface area contributed by atoms with Crippen LogP contribution in [0.2, 0.25) is 0 Å². The van der Waals surface area contributed by atoms with Gasteiger partial charge in [-0.25, -0.2) is 4.98 Å². The molecule has 2 aromatic heterocycles. The minimum absolute atomic E-state index is 0.0244. The van der Waals surface area contributed by atoms with Crippen LogP contribution in [-0.4, -0.2) is 28.6 Å². The summed E-state index contributed by atoms with van der Waals surface area (Å²) < 4.78 is 13.6. The van der Waals surface area contributed by atoms with Gasteiger partial charge in [-0.1, -0.05) is 0 Å². The Kier molecular flexibility index (Phi) is 4.91. The van der Waals surface area contributed by atoms with E-state index in [9.17, 15) is 4.79 Å². The van der Waals surface area contributed by atoms with Crippen LogP contribution in [0.3, 0.4) is 0 Å². The summed E-state index contributed by atoms with van der Waals surface area (Å²) in [6, 6.07) is 5.80. The van der Waals surface area contributed by atoms with E-state index in [-0.39, 0.29) is 12.5 Å². The number of carbonyl (C=O) groups excluding carboxylic acids is 1. The van der Waals surface area contributed by atoms with Crippen molar-refractivity contribution in [2.45, 2.75) is 38.6 Å². The van der Waals surface area contributed by atoms with Crippen LogP contribution in [0.5, 0.6) is 5.75 Å². The number of nitrogens with zero attached hydrogens (tertiary/aromatic N) is 2. The Labute approximate surface area is 152 Å². The lowest BCUT2D eigenvalue weighted by atomic mass is 9.96. The molecule has 0 unspecified atom stereocenters. The Morgan fingerprint density at radius 1 is 1.31 bits per heavy atom. The number of aryl methyl sites for hydroxylation is 3. The summed E-state index contributed by atoms with van der Waals surface area (Å²) in [6.07, 6.45) is 10.8. The molecule has 1 N–H and O–H groups in total. The second-order valence-electron chi connectivity index (χ2n) is 6.66. The maximum atomic E-state index is 12.0. The number of nitrogens with one attached hydrogen (secondary N) is 1. The second-order valence-corrected chi connectivity index (χ2v) is 6.66. The predicted octanol–water partition coefficient (Wildman–Crippen LogP) is 3.09. The van der Waals surface area contributed by atoms with Gasteiger partial charge in [-0.3, -0.25) is 4.79 Å². The van der Waals surface area contributed by atoms with Gasteiger partial charge in [0, 0.05) is 42.9 Å². The number of hydrogen-bond acceptors (Lipinski definition) is 4. The molecule has 0 bridgehead atoms. The maximum absolute atomic E-state index is 12.0. The number of fused-ring (bicyclic) bond motifs is 3. The van der Waals surface area contributed by atoms with Crippen LogP contribution in [0, 0.1) is 0 Å². The Morgan fingerprint density at radius 3 is 3.12 bits per heavy atom. The number of hydrogen-bond donors (Lipinski definition) is 1. The van der Waals surface area contributed by atoms with Crippen LogP contribution >= 0.6 is 0 Å². The number of amides is 1. The zero-order valence-electron chi connectivity index (χ0n) is 14.7. The van der Waals surface area contributed by atoms with Gasteiger partial charge in [-0.15, -0.1) is 0 Å². The summed E-state index contributed by atoms with van der Waals surface area (Å²) in [5.41, 5.74) is 2.22. The quantitative estimate of drug-likeness (QED) is 0.663. The molecule has 3 aromatic rings. The molecular weight excluding hydrogens is 330 g/mol. The molecule has 1 aromatic carbocycles. The average molecular weight is 353 g/mol. The van der Waals surface area contributed by atoms with Crippen molar-refractivity contribution in [1.29, 1.82) is 0 Å². The molecule has 26 heavy (non-hydrogen) atoms. The minimum Gasteiger partial charge on any atom is -0.484 e. The molecule has 4 rings (SSSR count). The van der Waals surface area contributed by atoms with Crippen molar-refractivity contribution >= 4 is 16.9 Å². The maximum Gasteiger partial charge on any atom is 0.257 e. The van der Waals surface area contributed by atoms with Crippen LogP contribution in [0.1, 0.15) is 30.6 Å². The van der Waals surface area contributed by atoms with Crippen LogP contribution in [-0.2, 0) is 24.2 Å². The zero-order valence-corrected chi connectivity index (χ0v) is 14.7. The third kappa shape index (κ3) is 3.74. The number of ether oxygens (including phenoxy) is 1. The van der Waals surface area contributed by atoms with Crippen molar-refractivity contribution in [3.63, 3.8) is 0 Å². The SMILES string of the molecule is O=C(COc1ccc2oc3c(c2c1)CCCC3)NCCCn1ccnc1. The van der Waals surface area contributed by atoms with Gasteiger partial charge in [-0.05, 0) is 43.9 Å². The van der Waals surface area contributed by atoms with Gasteiger partial charge >= 0.3 is 0 Å². The third-order valence-electron chi connectivity index (χ3n) is 4.77. The Bertz CT molecular complexity index is 883. The minimum atomic E-state index is -0.107. The van der Waals surface area contributed by atoms with Crippen LogP contribution in [0.15, 0.2) is 41.3 Å². The first-order chi connectivity index (χ1) is 12.8. The molecule has 0 saturated carbocycles. The van der Waals surface area contributed by atoms with Crippen molar-refractivity contribution in [2.75, 3.05) is 13.2 Å². The highest BCUT2D eigenvalue weighted by Gasteiger charge is 2.18. The molecule has 1 aliphatic rings. The van der Waals surface area contributed by atoms with E-state index in [0.29, 0.717) is 12.3 Å². The van der Waals surface area contributed by atoms with E-state index in [1.54, 1.807) is 12.5 Å². The molecular formula is C20H23N3O3. The van der Waals surface area contributed by atoms with Gasteiger partial charge in [0.25, 0.3) is 5.91 Å². The fourth-order valence-electron chi connectivity index (χ4n) is 3.44. The van der Waals surface area contributed by atoms with E-state index in [4.69, 9.17) is 9.15 Å². The van der Waals surface area contributed by atoms with E-state index >= 15 is 0 Å². The molecule has 0 spiro atoms. The molecule has 1 aliphatic carbocycles. The fourth-order valence-corrected chi connectivity index (χ4v) is 3.44. The molecule has 6 nitrogen and oxygen atoms in total. The van der Waals surface area contributed by atoms with E-state index in [0.717, 1.165) is 42.5 Å². The molecule has 0 aliphatic heterocycles. The first kappa shape index (κ1) is 16.7. The standard InChI is InChI=1S/C20H23N3O3/c24-20(22-8-3-10-23-11-9-21-14-23)13-25-15-6-7-19-17(12-15)16-4-1-2-5-18(16)26-19/h6-7,9,11-12,14H,1-5,8,10,13H2,(H,22,24). The molecule has 136 valence electrons. The van der Waals surface area contributed by atoms with Crippen LogP contribution < -0.4 is 10.1 Å². The Morgan fingerprint density at radius 2 is 2.23 bits per heavy atom. The molecule has 0 fully saturated rings.